The number of aromatic nitrogens is 1. The van der Waals surface area contributed by atoms with Crippen LogP contribution in [0.25, 0.3) is 11.5 Å². The van der Waals surface area contributed by atoms with E-state index in [1.165, 1.54) is 4.90 Å². The van der Waals surface area contributed by atoms with Crippen LogP contribution in [0.15, 0.2) is 83.3 Å². The van der Waals surface area contributed by atoms with Gasteiger partial charge in [-0.05, 0) is 73.9 Å². The third-order valence-corrected chi connectivity index (χ3v) is 6.88. The van der Waals surface area contributed by atoms with Crippen molar-refractivity contribution >= 4 is 12.1 Å². The Labute approximate surface area is 231 Å². The number of carbonyl (C=O) groups is 2. The van der Waals surface area contributed by atoms with Crippen LogP contribution in [0.1, 0.15) is 29.9 Å². The smallest absolute Gasteiger partial charge is 0.416 e. The molecule has 0 saturated heterocycles. The highest BCUT2D eigenvalue weighted by Crippen LogP contribution is 2.43. The summed E-state index contributed by atoms with van der Waals surface area (Å²) in [6, 6.07) is 23.5. The molecule has 9 heteroatoms. The molecular weight excluding hydrogens is 512 g/mol. The first-order chi connectivity index (χ1) is 19.4. The van der Waals surface area contributed by atoms with Gasteiger partial charge in [0.2, 0.25) is 5.89 Å². The van der Waals surface area contributed by atoms with Gasteiger partial charge in [0.25, 0.3) is 0 Å². The molecular formula is C31H30N2O7. The quantitative estimate of drug-likeness (QED) is 0.249. The lowest BCUT2D eigenvalue weighted by molar-refractivity contribution is -0.144. The van der Waals surface area contributed by atoms with Crippen LogP contribution in [0.3, 0.4) is 0 Å². The summed E-state index contributed by atoms with van der Waals surface area (Å²) < 4.78 is 22.5. The Kier molecular flexibility index (Phi) is 7.72. The van der Waals surface area contributed by atoms with Gasteiger partial charge >= 0.3 is 12.1 Å². The number of hydrogen-bond donors (Lipinski definition) is 1. The number of carboxylic acids is 1. The van der Waals surface area contributed by atoms with Crippen molar-refractivity contribution in [2.75, 3.05) is 13.7 Å². The van der Waals surface area contributed by atoms with Crippen LogP contribution in [0.4, 0.5) is 4.79 Å². The molecule has 0 spiro atoms. The van der Waals surface area contributed by atoms with E-state index in [0.717, 1.165) is 22.6 Å². The van der Waals surface area contributed by atoms with E-state index < -0.39 is 17.6 Å². The number of hydrogen-bond acceptors (Lipinski definition) is 7. The molecule has 206 valence electrons. The van der Waals surface area contributed by atoms with Crippen LogP contribution in [0.2, 0.25) is 0 Å². The highest BCUT2D eigenvalue weighted by Gasteiger charge is 2.57. The number of aryl methyl sites for hydroxylation is 1. The summed E-state index contributed by atoms with van der Waals surface area (Å²) in [5.41, 5.74) is 1.16. The zero-order valence-electron chi connectivity index (χ0n) is 22.3. The number of carboxylic acid groups (broad SMARTS) is 1. The monoisotopic (exact) mass is 542 g/mol. The summed E-state index contributed by atoms with van der Waals surface area (Å²) in [4.78, 5) is 31.2. The number of benzene rings is 3. The number of carbonyl (C=O) groups excluding carboxylic acids is 1. The van der Waals surface area contributed by atoms with Crippen molar-refractivity contribution in [3.8, 4) is 28.7 Å². The van der Waals surface area contributed by atoms with E-state index in [1.807, 2.05) is 55.5 Å². The minimum absolute atomic E-state index is 0.0569. The fourth-order valence-corrected chi connectivity index (χ4v) is 4.45. The summed E-state index contributed by atoms with van der Waals surface area (Å²) in [5.74, 6) is 1.78. The van der Waals surface area contributed by atoms with Crippen LogP contribution in [0.5, 0.6) is 17.2 Å². The maximum Gasteiger partial charge on any atom is 0.416 e. The van der Waals surface area contributed by atoms with Gasteiger partial charge in [-0.3, -0.25) is 4.90 Å². The number of oxazole rings is 1. The van der Waals surface area contributed by atoms with E-state index >= 15 is 0 Å². The van der Waals surface area contributed by atoms with Crippen LogP contribution in [-0.4, -0.2) is 46.3 Å². The largest absolute Gasteiger partial charge is 0.497 e. The number of ether oxygens (including phenoxy) is 3. The predicted octanol–water partition coefficient (Wildman–Crippen LogP) is 5.90. The average molecular weight is 543 g/mol. The van der Waals surface area contributed by atoms with Gasteiger partial charge in [-0.25, -0.2) is 14.6 Å². The molecule has 0 atom stereocenters. The Bertz CT molecular complexity index is 1480. The summed E-state index contributed by atoms with van der Waals surface area (Å²) >= 11 is 0. The molecule has 1 N–H and O–H groups in total. The Morgan fingerprint density at radius 2 is 1.70 bits per heavy atom. The van der Waals surface area contributed by atoms with Crippen LogP contribution >= 0.6 is 0 Å². The van der Waals surface area contributed by atoms with Gasteiger partial charge < -0.3 is 23.7 Å². The zero-order valence-corrected chi connectivity index (χ0v) is 22.3. The molecule has 0 aliphatic heterocycles. The molecule has 1 saturated carbocycles. The molecule has 4 aromatic rings. The van der Waals surface area contributed by atoms with Crippen molar-refractivity contribution in [1.29, 1.82) is 0 Å². The first-order valence-electron chi connectivity index (χ1n) is 13.0. The van der Waals surface area contributed by atoms with Crippen LogP contribution < -0.4 is 14.2 Å². The number of methoxy groups -OCH3 is 1. The maximum atomic E-state index is 13.2. The van der Waals surface area contributed by atoms with E-state index in [0.29, 0.717) is 49.0 Å². The number of rotatable bonds is 11. The van der Waals surface area contributed by atoms with Crippen LogP contribution in [-0.2, 0) is 17.8 Å². The molecule has 1 amide bonds. The topological polar surface area (TPSA) is 111 Å². The normalized spacial score (nSPS) is 13.3. The Balaban J connectivity index is 1.24. The molecule has 1 aromatic heterocycles. The van der Waals surface area contributed by atoms with Gasteiger partial charge in [-0.1, -0.05) is 30.3 Å². The third kappa shape index (κ3) is 5.93. The standard InChI is InChI=1S/C31H30N2O7/c1-21-27(32-28(39-21)23-8-4-3-5-9-23)15-18-38-26-10-6-7-22(19-26)20-33(31(16-17-31)29(34)35)30(36)40-25-13-11-24(37-2)12-14-25/h3-14,19H,15-18,20H2,1-2H3,(H,34,35). The summed E-state index contributed by atoms with van der Waals surface area (Å²) in [5, 5.41) is 9.91. The minimum atomic E-state index is -1.29. The van der Waals surface area contributed by atoms with Gasteiger partial charge in [0.05, 0.1) is 26.0 Å². The molecule has 1 aliphatic carbocycles. The van der Waals surface area contributed by atoms with Crippen molar-refractivity contribution in [1.82, 2.24) is 9.88 Å². The lowest BCUT2D eigenvalue weighted by atomic mass is 10.1. The van der Waals surface area contributed by atoms with Gasteiger partial charge in [-0.15, -0.1) is 0 Å². The average Bonchev–Trinajstić information content (AvgIpc) is 3.70. The molecule has 1 heterocycles. The Morgan fingerprint density at radius 3 is 2.38 bits per heavy atom. The molecule has 0 bridgehead atoms. The van der Waals surface area contributed by atoms with Gasteiger partial charge in [0.15, 0.2) is 0 Å². The second kappa shape index (κ2) is 11.5. The van der Waals surface area contributed by atoms with E-state index in [2.05, 4.69) is 4.98 Å². The lowest BCUT2D eigenvalue weighted by Crippen LogP contribution is -2.48. The number of nitrogens with zero attached hydrogens (tertiary/aromatic N) is 2. The molecule has 5 rings (SSSR count). The first kappa shape index (κ1) is 26.8. The van der Waals surface area contributed by atoms with Gasteiger partial charge in [0.1, 0.15) is 28.5 Å². The second-order valence-electron chi connectivity index (χ2n) is 9.60. The Hall–Kier alpha value is -4.79. The van der Waals surface area contributed by atoms with Crippen molar-refractivity contribution < 1.29 is 33.3 Å². The zero-order chi connectivity index (χ0) is 28.1. The minimum Gasteiger partial charge on any atom is -0.497 e. The van der Waals surface area contributed by atoms with Gasteiger partial charge in [0, 0.05) is 12.0 Å². The predicted molar refractivity (Wildman–Crippen MR) is 146 cm³/mol. The number of aliphatic carboxylic acids is 1. The van der Waals surface area contributed by atoms with Crippen LogP contribution in [0, 0.1) is 6.92 Å². The first-order valence-corrected chi connectivity index (χ1v) is 13.0. The van der Waals surface area contributed by atoms with Crippen molar-refractivity contribution in [3.63, 3.8) is 0 Å². The molecule has 0 radical (unpaired) electrons. The second-order valence-corrected chi connectivity index (χ2v) is 9.60. The van der Waals surface area contributed by atoms with Crippen molar-refractivity contribution in [2.24, 2.45) is 0 Å². The highest BCUT2D eigenvalue weighted by atomic mass is 16.6. The van der Waals surface area contributed by atoms with Gasteiger partial charge in [-0.2, -0.15) is 0 Å². The van der Waals surface area contributed by atoms with E-state index in [9.17, 15) is 14.7 Å². The maximum absolute atomic E-state index is 13.2. The fraction of sp³-hybridized carbons (Fsp3) is 0.258. The molecule has 9 nitrogen and oxygen atoms in total. The number of amides is 1. The molecule has 1 aliphatic rings. The molecule has 3 aromatic carbocycles. The van der Waals surface area contributed by atoms with Crippen molar-refractivity contribution in [2.45, 2.75) is 38.3 Å². The van der Waals surface area contributed by atoms with E-state index in [4.69, 9.17) is 18.6 Å². The summed E-state index contributed by atoms with van der Waals surface area (Å²) in [6.07, 6.45) is 0.540. The third-order valence-electron chi connectivity index (χ3n) is 6.88. The summed E-state index contributed by atoms with van der Waals surface area (Å²) in [7, 11) is 1.54. The molecule has 40 heavy (non-hydrogen) atoms. The molecule has 1 fully saturated rings. The fourth-order valence-electron chi connectivity index (χ4n) is 4.45. The lowest BCUT2D eigenvalue weighted by Gasteiger charge is -2.28. The van der Waals surface area contributed by atoms with Crippen molar-refractivity contribution in [3.05, 3.63) is 95.9 Å². The Morgan fingerprint density at radius 1 is 0.975 bits per heavy atom. The highest BCUT2D eigenvalue weighted by molar-refractivity contribution is 5.88. The van der Waals surface area contributed by atoms with E-state index in [-0.39, 0.29) is 6.54 Å². The SMILES string of the molecule is COc1ccc(OC(=O)N(Cc2cccc(OCCc3nc(-c4ccccc4)oc3C)c2)C2(C(=O)O)CC2)cc1. The summed E-state index contributed by atoms with van der Waals surface area (Å²) in [6.45, 7) is 2.31. The molecule has 0 unspecified atom stereocenters. The van der Waals surface area contributed by atoms with E-state index in [1.54, 1.807) is 37.4 Å².